The third-order valence-electron chi connectivity index (χ3n) is 3.64. The highest BCUT2D eigenvalue weighted by atomic mass is 35.5. The lowest BCUT2D eigenvalue weighted by molar-refractivity contribution is 0.536. The molecule has 1 fully saturated rings. The summed E-state index contributed by atoms with van der Waals surface area (Å²) in [6.45, 7) is 0. The van der Waals surface area contributed by atoms with Gasteiger partial charge < -0.3 is 10.3 Å². The van der Waals surface area contributed by atoms with Gasteiger partial charge in [-0.05, 0) is 31.0 Å². The van der Waals surface area contributed by atoms with Crippen LogP contribution in [0.25, 0.3) is 11.0 Å². The first-order chi connectivity index (χ1) is 8.71. The molecule has 3 nitrogen and oxygen atoms in total. The molecule has 18 heavy (non-hydrogen) atoms. The van der Waals surface area contributed by atoms with Crippen molar-refractivity contribution in [1.29, 1.82) is 0 Å². The fourth-order valence-electron chi connectivity index (χ4n) is 2.64. The SMILES string of the molecule is Fc1ccc2nc(NC3(CCl)CCCC3)[nH]c2c1. The maximum Gasteiger partial charge on any atom is 0.201 e. The van der Waals surface area contributed by atoms with Gasteiger partial charge in [-0.2, -0.15) is 0 Å². The highest BCUT2D eigenvalue weighted by Gasteiger charge is 2.33. The van der Waals surface area contributed by atoms with Gasteiger partial charge in [-0.1, -0.05) is 12.8 Å². The van der Waals surface area contributed by atoms with E-state index < -0.39 is 0 Å². The predicted molar refractivity (Wildman–Crippen MR) is 71.6 cm³/mol. The Balaban J connectivity index is 1.90. The molecule has 0 aliphatic heterocycles. The molecule has 0 saturated heterocycles. The minimum atomic E-state index is -0.259. The number of hydrogen-bond acceptors (Lipinski definition) is 2. The molecule has 1 heterocycles. The van der Waals surface area contributed by atoms with Crippen molar-refractivity contribution >= 4 is 28.6 Å². The summed E-state index contributed by atoms with van der Waals surface area (Å²) in [4.78, 5) is 7.52. The Kier molecular flexibility index (Phi) is 2.90. The molecular weight excluding hydrogens is 253 g/mol. The summed E-state index contributed by atoms with van der Waals surface area (Å²) < 4.78 is 13.1. The van der Waals surface area contributed by atoms with Crippen LogP contribution in [-0.4, -0.2) is 21.4 Å². The van der Waals surface area contributed by atoms with Crippen LogP contribution in [0, 0.1) is 5.82 Å². The van der Waals surface area contributed by atoms with Crippen LogP contribution in [0.2, 0.25) is 0 Å². The van der Waals surface area contributed by atoms with E-state index in [1.807, 2.05) is 0 Å². The van der Waals surface area contributed by atoms with Crippen LogP contribution in [0.5, 0.6) is 0 Å². The van der Waals surface area contributed by atoms with Crippen LogP contribution in [0.15, 0.2) is 18.2 Å². The summed E-state index contributed by atoms with van der Waals surface area (Å²) in [5.74, 6) is 0.988. The molecule has 1 aromatic heterocycles. The van der Waals surface area contributed by atoms with Gasteiger partial charge in [0.05, 0.1) is 16.6 Å². The molecule has 1 aromatic carbocycles. The molecule has 0 bridgehead atoms. The molecule has 5 heteroatoms. The van der Waals surface area contributed by atoms with Gasteiger partial charge in [-0.15, -0.1) is 11.6 Å². The van der Waals surface area contributed by atoms with Gasteiger partial charge in [-0.3, -0.25) is 0 Å². The Morgan fingerprint density at radius 2 is 2.17 bits per heavy atom. The van der Waals surface area contributed by atoms with Crippen LogP contribution in [0.3, 0.4) is 0 Å². The van der Waals surface area contributed by atoms with E-state index in [2.05, 4.69) is 15.3 Å². The molecule has 2 N–H and O–H groups in total. The lowest BCUT2D eigenvalue weighted by Gasteiger charge is -2.27. The number of nitrogens with one attached hydrogen (secondary N) is 2. The van der Waals surface area contributed by atoms with Gasteiger partial charge in [0.15, 0.2) is 0 Å². The number of imidazole rings is 1. The second kappa shape index (κ2) is 4.43. The van der Waals surface area contributed by atoms with E-state index in [-0.39, 0.29) is 11.4 Å². The number of anilines is 1. The quantitative estimate of drug-likeness (QED) is 0.833. The third-order valence-corrected chi connectivity index (χ3v) is 4.16. The first-order valence-electron chi connectivity index (χ1n) is 6.20. The summed E-state index contributed by atoms with van der Waals surface area (Å²) in [5.41, 5.74) is 1.41. The monoisotopic (exact) mass is 267 g/mol. The van der Waals surface area contributed by atoms with Gasteiger partial charge in [-0.25, -0.2) is 9.37 Å². The van der Waals surface area contributed by atoms with Crippen LogP contribution in [-0.2, 0) is 0 Å². The first-order valence-corrected chi connectivity index (χ1v) is 6.74. The van der Waals surface area contributed by atoms with Crippen LogP contribution < -0.4 is 5.32 Å². The summed E-state index contributed by atoms with van der Waals surface area (Å²) in [5, 5.41) is 3.39. The summed E-state index contributed by atoms with van der Waals surface area (Å²) in [6, 6.07) is 4.55. The first kappa shape index (κ1) is 11.8. The number of nitrogens with zero attached hydrogens (tertiary/aromatic N) is 1. The summed E-state index contributed by atoms with van der Waals surface area (Å²) in [7, 11) is 0. The Morgan fingerprint density at radius 1 is 1.39 bits per heavy atom. The van der Waals surface area contributed by atoms with Crippen molar-refractivity contribution in [3.8, 4) is 0 Å². The second-order valence-corrected chi connectivity index (χ2v) is 5.26. The molecule has 0 amide bonds. The Bertz CT molecular complexity index is 560. The van der Waals surface area contributed by atoms with Crippen molar-refractivity contribution in [1.82, 2.24) is 9.97 Å². The van der Waals surface area contributed by atoms with E-state index in [4.69, 9.17) is 11.6 Å². The van der Waals surface area contributed by atoms with E-state index in [9.17, 15) is 4.39 Å². The number of benzene rings is 1. The second-order valence-electron chi connectivity index (χ2n) is 4.99. The minimum absolute atomic E-state index is 0.0615. The molecule has 1 saturated carbocycles. The smallest absolute Gasteiger partial charge is 0.201 e. The molecule has 0 atom stereocenters. The molecule has 2 aromatic rings. The number of halogens is 2. The van der Waals surface area contributed by atoms with E-state index >= 15 is 0 Å². The normalized spacial score (nSPS) is 18.3. The Morgan fingerprint density at radius 3 is 2.89 bits per heavy atom. The standard InChI is InChI=1S/C13H15ClFN3/c14-8-13(5-1-2-6-13)18-12-16-10-4-3-9(15)7-11(10)17-12/h3-4,7H,1-2,5-6,8H2,(H2,16,17,18). The van der Waals surface area contributed by atoms with Crippen LogP contribution in [0.4, 0.5) is 10.3 Å². The minimum Gasteiger partial charge on any atom is -0.349 e. The van der Waals surface area contributed by atoms with Crippen molar-refractivity contribution in [3.05, 3.63) is 24.0 Å². The molecule has 1 aliphatic rings. The number of alkyl halides is 1. The maximum atomic E-state index is 13.1. The van der Waals surface area contributed by atoms with E-state index in [0.717, 1.165) is 18.4 Å². The highest BCUT2D eigenvalue weighted by molar-refractivity contribution is 6.18. The van der Waals surface area contributed by atoms with Crippen molar-refractivity contribution < 1.29 is 4.39 Å². The highest BCUT2D eigenvalue weighted by Crippen LogP contribution is 2.33. The van der Waals surface area contributed by atoms with Gasteiger partial charge in [0.1, 0.15) is 5.82 Å². The zero-order chi connectivity index (χ0) is 12.6. The van der Waals surface area contributed by atoms with E-state index in [1.54, 1.807) is 6.07 Å². The number of aromatic amines is 1. The molecule has 0 radical (unpaired) electrons. The summed E-state index contributed by atoms with van der Waals surface area (Å²) in [6.07, 6.45) is 4.49. The summed E-state index contributed by atoms with van der Waals surface area (Å²) >= 11 is 6.07. The molecular formula is C13H15ClFN3. The lowest BCUT2D eigenvalue weighted by Crippen LogP contribution is -2.37. The average molecular weight is 268 g/mol. The average Bonchev–Trinajstić information content (AvgIpc) is 2.96. The fraction of sp³-hybridized carbons (Fsp3) is 0.462. The van der Waals surface area contributed by atoms with Crippen LogP contribution in [0.1, 0.15) is 25.7 Å². The molecule has 3 rings (SSSR count). The number of aromatic nitrogens is 2. The molecule has 0 spiro atoms. The Hall–Kier alpha value is -1.29. The van der Waals surface area contributed by atoms with E-state index in [0.29, 0.717) is 17.3 Å². The topological polar surface area (TPSA) is 40.7 Å². The maximum absolute atomic E-state index is 13.1. The fourth-order valence-corrected chi connectivity index (χ4v) is 2.97. The lowest BCUT2D eigenvalue weighted by atomic mass is 10.0. The number of hydrogen-bond donors (Lipinski definition) is 2. The van der Waals surface area contributed by atoms with Gasteiger partial charge in [0.25, 0.3) is 0 Å². The van der Waals surface area contributed by atoms with Crippen molar-refractivity contribution in [2.24, 2.45) is 0 Å². The number of fused-ring (bicyclic) bond motifs is 1. The van der Waals surface area contributed by atoms with Crippen molar-refractivity contribution in [2.45, 2.75) is 31.2 Å². The van der Waals surface area contributed by atoms with Gasteiger partial charge in [0, 0.05) is 5.88 Å². The molecule has 96 valence electrons. The van der Waals surface area contributed by atoms with Crippen LogP contribution >= 0.6 is 11.6 Å². The zero-order valence-electron chi connectivity index (χ0n) is 9.97. The molecule has 0 unspecified atom stereocenters. The zero-order valence-corrected chi connectivity index (χ0v) is 10.7. The van der Waals surface area contributed by atoms with Gasteiger partial charge in [0.2, 0.25) is 5.95 Å². The largest absolute Gasteiger partial charge is 0.349 e. The van der Waals surface area contributed by atoms with Crippen molar-refractivity contribution in [3.63, 3.8) is 0 Å². The third kappa shape index (κ3) is 2.05. The number of H-pyrrole nitrogens is 1. The Labute approximate surface area is 110 Å². The number of rotatable bonds is 3. The molecule has 1 aliphatic carbocycles. The predicted octanol–water partition coefficient (Wildman–Crippen LogP) is 3.67. The van der Waals surface area contributed by atoms with Gasteiger partial charge >= 0.3 is 0 Å². The van der Waals surface area contributed by atoms with E-state index in [1.165, 1.54) is 25.0 Å². The van der Waals surface area contributed by atoms with Crippen molar-refractivity contribution in [2.75, 3.05) is 11.2 Å².